The van der Waals surface area contributed by atoms with Gasteiger partial charge in [0.15, 0.2) is 0 Å². The van der Waals surface area contributed by atoms with Crippen LogP contribution in [0.2, 0.25) is 0 Å². The van der Waals surface area contributed by atoms with E-state index in [0.717, 1.165) is 6.07 Å². The lowest BCUT2D eigenvalue weighted by atomic mass is 9.96. The average molecular weight is 462 g/mol. The monoisotopic (exact) mass is 462 g/mol. The maximum Gasteiger partial charge on any atom is 0.335 e. The molecular formula is C21H22N2O10. The van der Waals surface area contributed by atoms with Gasteiger partial charge in [-0.15, -0.1) is 0 Å². The summed E-state index contributed by atoms with van der Waals surface area (Å²) in [5.41, 5.74) is -0.306. The second-order valence-electron chi connectivity index (χ2n) is 7.38. The summed E-state index contributed by atoms with van der Waals surface area (Å²) in [5, 5.41) is 53.1. The van der Waals surface area contributed by atoms with Crippen molar-refractivity contribution in [2.75, 3.05) is 6.61 Å². The number of rotatable bonds is 7. The number of carboxylic acids is 1. The molecule has 176 valence electrons. The molecule has 12 nitrogen and oxygen atoms in total. The second-order valence-corrected chi connectivity index (χ2v) is 7.38. The molecule has 12 heteroatoms. The Labute approximate surface area is 187 Å². The van der Waals surface area contributed by atoms with Crippen LogP contribution in [0.15, 0.2) is 42.5 Å². The van der Waals surface area contributed by atoms with Crippen LogP contribution in [-0.2, 0) is 9.53 Å². The van der Waals surface area contributed by atoms with Crippen LogP contribution >= 0.6 is 0 Å². The molecule has 0 aliphatic carbocycles. The molecule has 1 fully saturated rings. The number of nitrogens with zero attached hydrogens (tertiary/aromatic N) is 1. The van der Waals surface area contributed by atoms with Crippen LogP contribution in [0.3, 0.4) is 0 Å². The minimum Gasteiger partial charge on any atom is -0.478 e. The zero-order valence-electron chi connectivity index (χ0n) is 17.3. The van der Waals surface area contributed by atoms with E-state index in [2.05, 4.69) is 5.32 Å². The summed E-state index contributed by atoms with van der Waals surface area (Å²) >= 11 is 0. The van der Waals surface area contributed by atoms with Crippen molar-refractivity contribution < 1.29 is 44.4 Å². The summed E-state index contributed by atoms with van der Waals surface area (Å²) in [6.07, 6.45) is -5.60. The SMILES string of the molecule is CC(=O)NC1C(Oc2ccccc2-c2cc(C(=O)O)cc([N+](=O)[O-])c2)OC(CO)C(O)C1O. The van der Waals surface area contributed by atoms with Gasteiger partial charge in [0.1, 0.15) is 30.1 Å². The van der Waals surface area contributed by atoms with Gasteiger partial charge in [-0.3, -0.25) is 14.9 Å². The molecule has 1 heterocycles. The first-order valence-electron chi connectivity index (χ1n) is 9.80. The number of aliphatic hydroxyl groups is 3. The summed E-state index contributed by atoms with van der Waals surface area (Å²) < 4.78 is 11.4. The number of aliphatic hydroxyl groups excluding tert-OH is 3. The van der Waals surface area contributed by atoms with Crippen molar-refractivity contribution in [1.82, 2.24) is 5.32 Å². The van der Waals surface area contributed by atoms with E-state index in [1.165, 1.54) is 31.2 Å². The Balaban J connectivity index is 2.03. The average Bonchev–Trinajstić information content (AvgIpc) is 2.78. The van der Waals surface area contributed by atoms with E-state index >= 15 is 0 Å². The maximum atomic E-state index is 11.6. The zero-order chi connectivity index (χ0) is 24.3. The van der Waals surface area contributed by atoms with Crippen molar-refractivity contribution in [2.45, 2.75) is 37.6 Å². The third-order valence-corrected chi connectivity index (χ3v) is 5.07. The molecule has 5 N–H and O–H groups in total. The highest BCUT2D eigenvalue weighted by molar-refractivity contribution is 5.91. The Morgan fingerprint density at radius 3 is 2.48 bits per heavy atom. The molecule has 1 saturated heterocycles. The summed E-state index contributed by atoms with van der Waals surface area (Å²) in [5.74, 6) is -1.80. The summed E-state index contributed by atoms with van der Waals surface area (Å²) in [6, 6.07) is 8.32. The number of ether oxygens (including phenoxy) is 2. The molecule has 0 aromatic heterocycles. The van der Waals surface area contributed by atoms with Gasteiger partial charge in [0.05, 0.1) is 17.1 Å². The van der Waals surface area contributed by atoms with Gasteiger partial charge in [-0.25, -0.2) is 4.79 Å². The molecule has 5 unspecified atom stereocenters. The molecule has 0 radical (unpaired) electrons. The lowest BCUT2D eigenvalue weighted by molar-refractivity contribution is -0.384. The van der Waals surface area contributed by atoms with E-state index in [0.29, 0.717) is 0 Å². The highest BCUT2D eigenvalue weighted by Crippen LogP contribution is 2.35. The Morgan fingerprint density at radius 2 is 1.88 bits per heavy atom. The Hall–Kier alpha value is -3.58. The van der Waals surface area contributed by atoms with E-state index < -0.39 is 59.7 Å². The highest BCUT2D eigenvalue weighted by Gasteiger charge is 2.46. The fraction of sp³-hybridized carbons (Fsp3) is 0.333. The Morgan fingerprint density at radius 1 is 1.18 bits per heavy atom. The van der Waals surface area contributed by atoms with E-state index in [1.54, 1.807) is 12.1 Å². The smallest absolute Gasteiger partial charge is 0.335 e. The van der Waals surface area contributed by atoms with Gasteiger partial charge < -0.3 is 35.2 Å². The van der Waals surface area contributed by atoms with Crippen LogP contribution in [-0.4, -0.2) is 74.5 Å². The Kier molecular flexibility index (Phi) is 7.23. The van der Waals surface area contributed by atoms with E-state index in [4.69, 9.17) is 9.47 Å². The normalized spacial score (nSPS) is 24.7. The minimum absolute atomic E-state index is 0.0926. The first-order valence-corrected chi connectivity index (χ1v) is 9.80. The predicted molar refractivity (Wildman–Crippen MR) is 111 cm³/mol. The third-order valence-electron chi connectivity index (χ3n) is 5.07. The number of benzene rings is 2. The molecule has 1 aliphatic rings. The molecule has 0 saturated carbocycles. The van der Waals surface area contributed by atoms with Crippen molar-refractivity contribution in [3.63, 3.8) is 0 Å². The molecule has 2 aromatic rings. The number of para-hydroxylation sites is 1. The topological polar surface area (TPSA) is 189 Å². The number of carboxylic acid groups (broad SMARTS) is 1. The molecule has 3 rings (SSSR count). The van der Waals surface area contributed by atoms with Gasteiger partial charge in [-0.2, -0.15) is 0 Å². The Bertz CT molecular complexity index is 1030. The first kappa shape index (κ1) is 24.1. The van der Waals surface area contributed by atoms with Crippen molar-refractivity contribution in [3.8, 4) is 16.9 Å². The van der Waals surface area contributed by atoms with Crippen molar-refractivity contribution in [3.05, 3.63) is 58.1 Å². The third kappa shape index (κ3) is 5.26. The number of hydrogen-bond donors (Lipinski definition) is 5. The van der Waals surface area contributed by atoms with E-state index in [-0.39, 0.29) is 22.4 Å². The lowest BCUT2D eigenvalue weighted by Gasteiger charge is -2.42. The quantitative estimate of drug-likeness (QED) is 0.282. The molecule has 1 amide bonds. The highest BCUT2D eigenvalue weighted by atomic mass is 16.7. The summed E-state index contributed by atoms with van der Waals surface area (Å²) in [6.45, 7) is 0.554. The maximum absolute atomic E-state index is 11.6. The molecule has 33 heavy (non-hydrogen) atoms. The van der Waals surface area contributed by atoms with Gasteiger partial charge >= 0.3 is 5.97 Å². The minimum atomic E-state index is -1.53. The van der Waals surface area contributed by atoms with Crippen molar-refractivity contribution in [1.29, 1.82) is 0 Å². The van der Waals surface area contributed by atoms with Gasteiger partial charge in [0.2, 0.25) is 12.2 Å². The predicted octanol–water partition coefficient (Wildman–Crippen LogP) is 0.282. The molecule has 2 aromatic carbocycles. The standard InChI is InChI=1S/C21H22N2O10/c1-10(25)22-17-19(27)18(26)16(9-24)33-21(17)32-15-5-3-2-4-14(15)11-6-12(20(28)29)8-13(7-11)23(30)31/h2-8,16-19,21,24,26-27H,9H2,1H3,(H,22,25)(H,28,29). The number of nitrogens with one attached hydrogen (secondary N) is 1. The van der Waals surface area contributed by atoms with Gasteiger partial charge in [0.25, 0.3) is 5.69 Å². The van der Waals surface area contributed by atoms with Gasteiger partial charge in [-0.1, -0.05) is 18.2 Å². The summed E-state index contributed by atoms with van der Waals surface area (Å²) in [4.78, 5) is 33.6. The van der Waals surface area contributed by atoms with Crippen molar-refractivity contribution in [2.24, 2.45) is 0 Å². The van der Waals surface area contributed by atoms with Crippen LogP contribution < -0.4 is 10.1 Å². The van der Waals surface area contributed by atoms with Crippen molar-refractivity contribution >= 4 is 17.6 Å². The number of non-ortho nitro benzene ring substituents is 1. The molecule has 1 aliphatic heterocycles. The second kappa shape index (κ2) is 9.92. The number of hydrogen-bond acceptors (Lipinski definition) is 9. The molecule has 5 atom stereocenters. The lowest BCUT2D eigenvalue weighted by Crippen LogP contribution is -2.65. The zero-order valence-corrected chi connectivity index (χ0v) is 17.3. The summed E-state index contributed by atoms with van der Waals surface area (Å²) in [7, 11) is 0. The van der Waals surface area contributed by atoms with Crippen LogP contribution in [0, 0.1) is 10.1 Å². The first-order chi connectivity index (χ1) is 15.6. The number of nitro benzene ring substituents is 1. The number of nitro groups is 1. The van der Waals surface area contributed by atoms with Crippen LogP contribution in [0.25, 0.3) is 11.1 Å². The number of carbonyl (C=O) groups is 2. The van der Waals surface area contributed by atoms with Gasteiger partial charge in [0, 0.05) is 24.6 Å². The van der Waals surface area contributed by atoms with E-state index in [1.807, 2.05) is 0 Å². The number of amides is 1. The van der Waals surface area contributed by atoms with Crippen LogP contribution in [0.5, 0.6) is 5.75 Å². The number of aromatic carboxylic acids is 1. The van der Waals surface area contributed by atoms with Crippen LogP contribution in [0.1, 0.15) is 17.3 Å². The fourth-order valence-electron chi connectivity index (χ4n) is 3.50. The fourth-order valence-corrected chi connectivity index (χ4v) is 3.50. The van der Waals surface area contributed by atoms with E-state index in [9.17, 15) is 40.1 Å². The molecule has 0 bridgehead atoms. The van der Waals surface area contributed by atoms with Gasteiger partial charge in [-0.05, 0) is 17.7 Å². The van der Waals surface area contributed by atoms with Crippen LogP contribution in [0.4, 0.5) is 5.69 Å². The largest absolute Gasteiger partial charge is 0.478 e. The molecular weight excluding hydrogens is 440 g/mol. The number of carbonyl (C=O) groups excluding carboxylic acids is 1. The molecule has 0 spiro atoms.